The normalized spacial score (nSPS) is 12.1. The highest BCUT2D eigenvalue weighted by molar-refractivity contribution is 5.76. The third-order valence-electron chi connectivity index (χ3n) is 2.54. The molecule has 0 fully saturated rings. The number of nitrogens with zero attached hydrogens (tertiary/aromatic N) is 3. The van der Waals surface area contributed by atoms with Crippen LogP contribution in [-0.4, -0.2) is 20.7 Å². The summed E-state index contributed by atoms with van der Waals surface area (Å²) in [6.45, 7) is 2.05. The van der Waals surface area contributed by atoms with Crippen molar-refractivity contribution in [3.63, 3.8) is 0 Å². The molecule has 1 heterocycles. The van der Waals surface area contributed by atoms with Gasteiger partial charge in [0.2, 0.25) is 11.9 Å². The maximum atomic E-state index is 11.8. The molecule has 94 valence electrons. The minimum Gasteiger partial charge on any atom is -0.367 e. The zero-order valence-corrected chi connectivity index (χ0v) is 10.1. The number of carbonyl (C=O) groups is 1. The summed E-state index contributed by atoms with van der Waals surface area (Å²) in [4.78, 5) is 15.5. The molecule has 0 aliphatic rings. The van der Waals surface area contributed by atoms with Gasteiger partial charge in [0.05, 0.1) is 6.04 Å². The lowest BCUT2D eigenvalue weighted by Crippen LogP contribution is -2.30. The van der Waals surface area contributed by atoms with Crippen LogP contribution in [0.3, 0.4) is 0 Å². The molecule has 0 saturated heterocycles. The van der Waals surface area contributed by atoms with Crippen LogP contribution in [0.2, 0.25) is 0 Å². The van der Waals surface area contributed by atoms with Gasteiger partial charge in [-0.05, 0) is 12.5 Å². The summed E-state index contributed by atoms with van der Waals surface area (Å²) in [6, 6.07) is 9.72. The van der Waals surface area contributed by atoms with Crippen molar-refractivity contribution >= 4 is 11.9 Å². The number of carbonyl (C=O) groups excluding carboxylic acids is 1. The quantitative estimate of drug-likeness (QED) is 0.831. The number of nitrogen functional groups attached to an aromatic ring is 1. The topological polar surface area (TPSA) is 85.8 Å². The Hall–Kier alpha value is -2.37. The van der Waals surface area contributed by atoms with Gasteiger partial charge < -0.3 is 11.1 Å². The SMILES string of the molecule is C[C@@H](NC(=O)Cn1cnc(N)n1)c1ccccc1. The summed E-state index contributed by atoms with van der Waals surface area (Å²) in [5.74, 6) is 0.0372. The molecule has 1 amide bonds. The van der Waals surface area contributed by atoms with Crippen molar-refractivity contribution in [1.29, 1.82) is 0 Å². The second kappa shape index (κ2) is 5.31. The third-order valence-corrected chi connectivity index (χ3v) is 2.54. The van der Waals surface area contributed by atoms with E-state index in [0.29, 0.717) is 0 Å². The highest BCUT2D eigenvalue weighted by atomic mass is 16.2. The molecule has 0 aliphatic heterocycles. The summed E-state index contributed by atoms with van der Waals surface area (Å²) in [7, 11) is 0. The molecule has 0 radical (unpaired) electrons. The summed E-state index contributed by atoms with van der Waals surface area (Å²) in [5, 5.41) is 6.74. The Labute approximate surface area is 105 Å². The Balaban J connectivity index is 1.92. The fourth-order valence-electron chi connectivity index (χ4n) is 1.64. The molecular weight excluding hydrogens is 230 g/mol. The van der Waals surface area contributed by atoms with Crippen LogP contribution in [0.5, 0.6) is 0 Å². The van der Waals surface area contributed by atoms with Crippen molar-refractivity contribution in [2.75, 3.05) is 5.73 Å². The molecule has 1 aromatic heterocycles. The lowest BCUT2D eigenvalue weighted by molar-refractivity contribution is -0.122. The van der Waals surface area contributed by atoms with E-state index in [1.807, 2.05) is 37.3 Å². The van der Waals surface area contributed by atoms with E-state index in [1.165, 1.54) is 11.0 Å². The first-order valence-electron chi connectivity index (χ1n) is 5.64. The number of anilines is 1. The van der Waals surface area contributed by atoms with Gasteiger partial charge >= 0.3 is 0 Å². The number of benzene rings is 1. The Morgan fingerprint density at radius 1 is 1.44 bits per heavy atom. The smallest absolute Gasteiger partial charge is 0.242 e. The van der Waals surface area contributed by atoms with E-state index in [0.717, 1.165) is 5.56 Å². The van der Waals surface area contributed by atoms with Crippen molar-refractivity contribution in [3.8, 4) is 0 Å². The molecule has 0 unspecified atom stereocenters. The molecule has 18 heavy (non-hydrogen) atoms. The van der Waals surface area contributed by atoms with Crippen LogP contribution in [0.15, 0.2) is 36.7 Å². The third kappa shape index (κ3) is 3.07. The molecule has 2 rings (SSSR count). The number of hydrogen-bond acceptors (Lipinski definition) is 4. The van der Waals surface area contributed by atoms with E-state index in [2.05, 4.69) is 15.4 Å². The summed E-state index contributed by atoms with van der Waals surface area (Å²) in [6.07, 6.45) is 1.43. The highest BCUT2D eigenvalue weighted by Crippen LogP contribution is 2.10. The molecule has 1 atom stereocenters. The lowest BCUT2D eigenvalue weighted by Gasteiger charge is -2.13. The number of hydrogen-bond donors (Lipinski definition) is 2. The number of amides is 1. The fraction of sp³-hybridized carbons (Fsp3) is 0.250. The number of nitrogens with one attached hydrogen (secondary N) is 1. The van der Waals surface area contributed by atoms with Crippen molar-refractivity contribution < 1.29 is 4.79 Å². The van der Waals surface area contributed by atoms with Crippen molar-refractivity contribution in [3.05, 3.63) is 42.2 Å². The largest absolute Gasteiger partial charge is 0.367 e. The number of rotatable bonds is 4. The van der Waals surface area contributed by atoms with E-state index >= 15 is 0 Å². The van der Waals surface area contributed by atoms with E-state index in [1.54, 1.807) is 0 Å². The van der Waals surface area contributed by atoms with Gasteiger partial charge in [0, 0.05) is 0 Å². The highest BCUT2D eigenvalue weighted by Gasteiger charge is 2.10. The second-order valence-electron chi connectivity index (χ2n) is 4.00. The predicted molar refractivity (Wildman–Crippen MR) is 67.4 cm³/mol. The molecular formula is C12H15N5O. The zero-order valence-electron chi connectivity index (χ0n) is 10.1. The van der Waals surface area contributed by atoms with Crippen LogP contribution >= 0.6 is 0 Å². The molecule has 0 saturated carbocycles. The molecule has 0 bridgehead atoms. The Morgan fingerprint density at radius 2 is 2.17 bits per heavy atom. The number of aromatic nitrogens is 3. The molecule has 2 aromatic rings. The first-order chi connectivity index (χ1) is 8.65. The lowest BCUT2D eigenvalue weighted by atomic mass is 10.1. The van der Waals surface area contributed by atoms with Gasteiger partial charge in [-0.2, -0.15) is 0 Å². The van der Waals surface area contributed by atoms with Crippen LogP contribution in [0, 0.1) is 0 Å². The first-order valence-corrected chi connectivity index (χ1v) is 5.64. The molecule has 6 nitrogen and oxygen atoms in total. The maximum absolute atomic E-state index is 11.8. The van der Waals surface area contributed by atoms with Gasteiger partial charge in [0.1, 0.15) is 12.9 Å². The van der Waals surface area contributed by atoms with Gasteiger partial charge in [0.25, 0.3) is 0 Å². The average molecular weight is 245 g/mol. The summed E-state index contributed by atoms with van der Waals surface area (Å²) >= 11 is 0. The van der Waals surface area contributed by atoms with E-state index < -0.39 is 0 Å². The molecule has 6 heteroatoms. The average Bonchev–Trinajstić information content (AvgIpc) is 2.75. The first kappa shape index (κ1) is 12.1. The van der Waals surface area contributed by atoms with Crippen LogP contribution in [0.1, 0.15) is 18.5 Å². The van der Waals surface area contributed by atoms with E-state index in [-0.39, 0.29) is 24.4 Å². The standard InChI is InChI=1S/C12H15N5O/c1-9(10-5-3-2-4-6-10)15-11(18)7-17-8-14-12(13)16-17/h2-6,8-9H,7H2,1H3,(H2,13,16)(H,15,18)/t9-/m1/s1. The van der Waals surface area contributed by atoms with Crippen molar-refractivity contribution in [2.24, 2.45) is 0 Å². The summed E-state index contributed by atoms with van der Waals surface area (Å²) < 4.78 is 1.41. The minimum atomic E-state index is -0.128. The monoisotopic (exact) mass is 245 g/mol. The Morgan fingerprint density at radius 3 is 2.78 bits per heavy atom. The Bertz CT molecular complexity index is 522. The Kier molecular flexibility index (Phi) is 3.57. The molecule has 0 aliphatic carbocycles. The molecule has 0 spiro atoms. The van der Waals surface area contributed by atoms with Gasteiger partial charge in [-0.25, -0.2) is 9.67 Å². The van der Waals surface area contributed by atoms with Crippen LogP contribution in [0.4, 0.5) is 5.95 Å². The van der Waals surface area contributed by atoms with E-state index in [9.17, 15) is 4.79 Å². The van der Waals surface area contributed by atoms with E-state index in [4.69, 9.17) is 5.73 Å². The molecule has 1 aromatic carbocycles. The fourth-order valence-corrected chi connectivity index (χ4v) is 1.64. The van der Waals surface area contributed by atoms with Gasteiger partial charge in [-0.1, -0.05) is 30.3 Å². The zero-order chi connectivity index (χ0) is 13.0. The van der Waals surface area contributed by atoms with Gasteiger partial charge in [-0.3, -0.25) is 4.79 Å². The molecule has 3 N–H and O–H groups in total. The van der Waals surface area contributed by atoms with Crippen molar-refractivity contribution in [2.45, 2.75) is 19.5 Å². The van der Waals surface area contributed by atoms with Crippen molar-refractivity contribution in [1.82, 2.24) is 20.1 Å². The summed E-state index contributed by atoms with van der Waals surface area (Å²) in [5.41, 5.74) is 6.43. The van der Waals surface area contributed by atoms with Crippen LogP contribution in [-0.2, 0) is 11.3 Å². The van der Waals surface area contributed by atoms with Crippen LogP contribution in [0.25, 0.3) is 0 Å². The predicted octanol–water partition coefficient (Wildman–Crippen LogP) is 0.738. The van der Waals surface area contributed by atoms with Gasteiger partial charge in [0.15, 0.2) is 0 Å². The van der Waals surface area contributed by atoms with Crippen LogP contribution < -0.4 is 11.1 Å². The maximum Gasteiger partial charge on any atom is 0.242 e. The number of nitrogens with two attached hydrogens (primary N) is 1. The minimum absolute atomic E-state index is 0.0421. The second-order valence-corrected chi connectivity index (χ2v) is 4.00. The van der Waals surface area contributed by atoms with Gasteiger partial charge in [-0.15, -0.1) is 5.10 Å².